The summed E-state index contributed by atoms with van der Waals surface area (Å²) in [4.78, 5) is 9.16. The third-order valence-electron chi connectivity index (χ3n) is 3.88. The lowest BCUT2D eigenvalue weighted by Gasteiger charge is -2.35. The number of rotatable bonds is 4. The highest BCUT2D eigenvalue weighted by Gasteiger charge is 2.22. The molecule has 0 bridgehead atoms. The van der Waals surface area contributed by atoms with Crippen LogP contribution in [-0.2, 0) is 6.54 Å². The van der Waals surface area contributed by atoms with Gasteiger partial charge in [-0.1, -0.05) is 0 Å². The topological polar surface area (TPSA) is 31.4 Å². The summed E-state index contributed by atoms with van der Waals surface area (Å²) in [6, 6.07) is 2.92. The number of pyridine rings is 1. The van der Waals surface area contributed by atoms with E-state index < -0.39 is 0 Å². The predicted molar refractivity (Wildman–Crippen MR) is 73.8 cm³/mol. The molecule has 1 aromatic rings. The van der Waals surface area contributed by atoms with E-state index in [9.17, 15) is 0 Å². The lowest BCUT2D eigenvalue weighted by Crippen LogP contribution is -2.45. The van der Waals surface area contributed by atoms with E-state index >= 15 is 0 Å². The van der Waals surface area contributed by atoms with E-state index in [-0.39, 0.29) is 0 Å². The normalized spacial score (nSPS) is 21.3. The zero-order valence-electron chi connectivity index (χ0n) is 11.1. The Balaban J connectivity index is 1.69. The Labute approximate surface area is 109 Å². The fraction of sp³-hybridized carbons (Fsp3) is 0.643. The molecule has 2 heterocycles. The summed E-state index contributed by atoms with van der Waals surface area (Å²) in [6.07, 6.45) is 6.60. The molecule has 3 rings (SSSR count). The van der Waals surface area contributed by atoms with Gasteiger partial charge in [0, 0.05) is 62.4 Å². The Bertz CT molecular complexity index is 395. The van der Waals surface area contributed by atoms with Crippen molar-refractivity contribution in [2.45, 2.75) is 25.4 Å². The largest absolute Gasteiger partial charge is 0.369 e. The summed E-state index contributed by atoms with van der Waals surface area (Å²) in [5.74, 6) is 0. The van der Waals surface area contributed by atoms with E-state index in [2.05, 4.69) is 33.2 Å². The standard InChI is InChI=1S/C14H22N4/c1-17-6-8-18(9-7-17)14-4-5-15-10-12(14)11-16-13-2-3-13/h4-5,10,13,16H,2-3,6-9,11H2,1H3. The summed E-state index contributed by atoms with van der Waals surface area (Å²) in [5.41, 5.74) is 2.71. The number of piperazine rings is 1. The van der Waals surface area contributed by atoms with Crippen molar-refractivity contribution in [1.29, 1.82) is 0 Å². The van der Waals surface area contributed by atoms with Gasteiger partial charge in [0.15, 0.2) is 0 Å². The molecule has 1 aliphatic carbocycles. The summed E-state index contributed by atoms with van der Waals surface area (Å²) in [6.45, 7) is 5.50. The van der Waals surface area contributed by atoms with Crippen molar-refractivity contribution in [3.05, 3.63) is 24.0 Å². The second-order valence-corrected chi connectivity index (χ2v) is 5.45. The molecule has 4 heteroatoms. The van der Waals surface area contributed by atoms with Crippen molar-refractivity contribution in [2.24, 2.45) is 0 Å². The first-order valence-electron chi connectivity index (χ1n) is 6.93. The second kappa shape index (κ2) is 5.24. The minimum atomic E-state index is 0.755. The summed E-state index contributed by atoms with van der Waals surface area (Å²) in [5, 5.41) is 3.58. The fourth-order valence-corrected chi connectivity index (χ4v) is 2.45. The van der Waals surface area contributed by atoms with Crippen molar-refractivity contribution >= 4 is 5.69 Å². The Morgan fingerprint density at radius 3 is 2.78 bits per heavy atom. The molecule has 0 radical (unpaired) electrons. The SMILES string of the molecule is CN1CCN(c2ccncc2CNC2CC2)CC1. The highest BCUT2D eigenvalue weighted by molar-refractivity contribution is 5.52. The van der Waals surface area contributed by atoms with Gasteiger partial charge >= 0.3 is 0 Å². The van der Waals surface area contributed by atoms with Crippen LogP contribution < -0.4 is 10.2 Å². The van der Waals surface area contributed by atoms with Crippen molar-refractivity contribution < 1.29 is 0 Å². The van der Waals surface area contributed by atoms with Gasteiger partial charge in [0.1, 0.15) is 0 Å². The van der Waals surface area contributed by atoms with Crippen molar-refractivity contribution in [3.63, 3.8) is 0 Å². The number of nitrogens with zero attached hydrogens (tertiary/aromatic N) is 3. The van der Waals surface area contributed by atoms with Gasteiger partial charge in [0.05, 0.1) is 0 Å². The lowest BCUT2D eigenvalue weighted by molar-refractivity contribution is 0.312. The average Bonchev–Trinajstić information content (AvgIpc) is 3.22. The molecule has 0 spiro atoms. The lowest BCUT2D eigenvalue weighted by atomic mass is 10.2. The minimum Gasteiger partial charge on any atom is -0.369 e. The van der Waals surface area contributed by atoms with Crippen LogP contribution in [0.25, 0.3) is 0 Å². The Morgan fingerprint density at radius 2 is 2.06 bits per heavy atom. The summed E-state index contributed by atoms with van der Waals surface area (Å²) in [7, 11) is 2.19. The van der Waals surface area contributed by atoms with E-state index in [1.807, 2.05) is 12.4 Å². The molecule has 2 aliphatic rings. The molecule has 18 heavy (non-hydrogen) atoms. The van der Waals surface area contributed by atoms with Crippen LogP contribution in [0.2, 0.25) is 0 Å². The van der Waals surface area contributed by atoms with Gasteiger partial charge in [0.2, 0.25) is 0 Å². The van der Waals surface area contributed by atoms with Crippen LogP contribution in [0.5, 0.6) is 0 Å². The Morgan fingerprint density at radius 1 is 1.28 bits per heavy atom. The summed E-state index contributed by atoms with van der Waals surface area (Å²) < 4.78 is 0. The van der Waals surface area contributed by atoms with Gasteiger partial charge in [-0.15, -0.1) is 0 Å². The monoisotopic (exact) mass is 246 g/mol. The number of nitrogens with one attached hydrogen (secondary N) is 1. The molecule has 1 aliphatic heterocycles. The van der Waals surface area contributed by atoms with E-state index in [0.29, 0.717) is 0 Å². The molecule has 0 atom stereocenters. The molecule has 98 valence electrons. The van der Waals surface area contributed by atoms with E-state index in [1.165, 1.54) is 24.1 Å². The van der Waals surface area contributed by atoms with Gasteiger partial charge in [0.25, 0.3) is 0 Å². The van der Waals surface area contributed by atoms with Crippen LogP contribution in [0.4, 0.5) is 5.69 Å². The zero-order chi connectivity index (χ0) is 12.4. The molecular formula is C14H22N4. The molecule has 0 unspecified atom stereocenters. The first kappa shape index (κ1) is 11.9. The first-order chi connectivity index (χ1) is 8.83. The van der Waals surface area contributed by atoms with Crippen LogP contribution in [-0.4, -0.2) is 49.2 Å². The number of likely N-dealkylation sites (N-methyl/N-ethyl adjacent to an activating group) is 1. The van der Waals surface area contributed by atoms with Crippen molar-refractivity contribution in [3.8, 4) is 0 Å². The maximum Gasteiger partial charge on any atom is 0.0443 e. The van der Waals surface area contributed by atoms with Crippen molar-refractivity contribution in [1.82, 2.24) is 15.2 Å². The van der Waals surface area contributed by atoms with Crippen LogP contribution >= 0.6 is 0 Å². The Hall–Kier alpha value is -1.13. The Kier molecular flexibility index (Phi) is 3.48. The number of anilines is 1. The van der Waals surface area contributed by atoms with E-state index in [0.717, 1.165) is 38.8 Å². The zero-order valence-corrected chi connectivity index (χ0v) is 11.1. The highest BCUT2D eigenvalue weighted by atomic mass is 15.2. The number of hydrogen-bond acceptors (Lipinski definition) is 4. The summed E-state index contributed by atoms with van der Waals surface area (Å²) >= 11 is 0. The molecule has 1 saturated carbocycles. The van der Waals surface area contributed by atoms with Crippen LogP contribution in [0, 0.1) is 0 Å². The van der Waals surface area contributed by atoms with Gasteiger partial charge < -0.3 is 15.1 Å². The molecule has 1 saturated heterocycles. The highest BCUT2D eigenvalue weighted by Crippen LogP contribution is 2.23. The second-order valence-electron chi connectivity index (χ2n) is 5.45. The third kappa shape index (κ3) is 2.82. The number of aromatic nitrogens is 1. The van der Waals surface area contributed by atoms with E-state index in [1.54, 1.807) is 0 Å². The maximum atomic E-state index is 4.28. The van der Waals surface area contributed by atoms with Crippen LogP contribution in [0.1, 0.15) is 18.4 Å². The average molecular weight is 246 g/mol. The van der Waals surface area contributed by atoms with Crippen LogP contribution in [0.15, 0.2) is 18.5 Å². The molecule has 1 aromatic heterocycles. The quantitative estimate of drug-likeness (QED) is 0.861. The third-order valence-corrected chi connectivity index (χ3v) is 3.88. The maximum absolute atomic E-state index is 4.28. The molecular weight excluding hydrogens is 224 g/mol. The van der Waals surface area contributed by atoms with Gasteiger partial charge in [-0.2, -0.15) is 0 Å². The van der Waals surface area contributed by atoms with Gasteiger partial charge in [-0.3, -0.25) is 4.98 Å². The van der Waals surface area contributed by atoms with E-state index in [4.69, 9.17) is 0 Å². The fourth-order valence-electron chi connectivity index (χ4n) is 2.45. The minimum absolute atomic E-state index is 0.755. The molecule has 4 nitrogen and oxygen atoms in total. The first-order valence-corrected chi connectivity index (χ1v) is 6.93. The number of hydrogen-bond donors (Lipinski definition) is 1. The van der Waals surface area contributed by atoms with Gasteiger partial charge in [-0.25, -0.2) is 0 Å². The van der Waals surface area contributed by atoms with Crippen molar-refractivity contribution in [2.75, 3.05) is 38.1 Å². The predicted octanol–water partition coefficient (Wildman–Crippen LogP) is 1.09. The van der Waals surface area contributed by atoms with Gasteiger partial charge in [-0.05, 0) is 26.0 Å². The molecule has 0 aromatic carbocycles. The molecule has 2 fully saturated rings. The smallest absolute Gasteiger partial charge is 0.0443 e. The van der Waals surface area contributed by atoms with Crippen LogP contribution in [0.3, 0.4) is 0 Å². The molecule has 1 N–H and O–H groups in total. The molecule has 0 amide bonds.